The summed E-state index contributed by atoms with van der Waals surface area (Å²) in [4.78, 5) is 4.49. The van der Waals surface area contributed by atoms with E-state index in [9.17, 15) is 0 Å². The fourth-order valence-electron chi connectivity index (χ4n) is 3.05. The molecule has 124 valence electrons. The van der Waals surface area contributed by atoms with Crippen molar-refractivity contribution in [1.82, 2.24) is 15.3 Å². The fraction of sp³-hybridized carbons (Fsp3) is 0.353. The van der Waals surface area contributed by atoms with Gasteiger partial charge in [-0.1, -0.05) is 17.2 Å². The number of hydrogen-bond acceptors (Lipinski definition) is 7. The maximum absolute atomic E-state index is 5.40. The third kappa shape index (κ3) is 2.51. The van der Waals surface area contributed by atoms with Crippen molar-refractivity contribution in [1.29, 1.82) is 0 Å². The Morgan fingerprint density at radius 3 is 2.71 bits per heavy atom. The summed E-state index contributed by atoms with van der Waals surface area (Å²) in [6, 6.07) is 5.59. The van der Waals surface area contributed by atoms with Crippen LogP contribution in [0.3, 0.4) is 0 Å². The molecule has 0 bridgehead atoms. The minimum absolute atomic E-state index is 0.182. The summed E-state index contributed by atoms with van der Waals surface area (Å²) in [6.07, 6.45) is 0.625. The maximum atomic E-state index is 5.40. The standard InChI is InChI=1S/C17H17N3O4/c1-9(16-10(2)19-23-11(16)3)6-15-18-17(20-24-15)12-4-5-13-14(7-12)22-8-21-13/h4-5,7,9H,6,8H2,1-3H3/t9-/m0/s1. The summed E-state index contributed by atoms with van der Waals surface area (Å²) in [7, 11) is 0. The summed E-state index contributed by atoms with van der Waals surface area (Å²) >= 11 is 0. The van der Waals surface area contributed by atoms with Crippen molar-refractivity contribution < 1.29 is 18.5 Å². The first-order chi connectivity index (χ1) is 11.6. The van der Waals surface area contributed by atoms with Gasteiger partial charge in [-0.15, -0.1) is 0 Å². The molecule has 2 aromatic heterocycles. The van der Waals surface area contributed by atoms with E-state index in [2.05, 4.69) is 22.2 Å². The van der Waals surface area contributed by atoms with Crippen LogP contribution in [0.5, 0.6) is 11.5 Å². The lowest BCUT2D eigenvalue weighted by molar-refractivity contribution is 0.174. The van der Waals surface area contributed by atoms with E-state index in [1.165, 1.54) is 0 Å². The van der Waals surface area contributed by atoms with Gasteiger partial charge in [0.15, 0.2) is 11.5 Å². The van der Waals surface area contributed by atoms with Crippen molar-refractivity contribution in [2.75, 3.05) is 6.79 Å². The minimum atomic E-state index is 0.182. The van der Waals surface area contributed by atoms with Crippen molar-refractivity contribution >= 4 is 0 Å². The van der Waals surface area contributed by atoms with Gasteiger partial charge in [-0.3, -0.25) is 0 Å². The van der Waals surface area contributed by atoms with Crippen molar-refractivity contribution in [2.45, 2.75) is 33.1 Å². The predicted molar refractivity (Wildman–Crippen MR) is 84.0 cm³/mol. The summed E-state index contributed by atoms with van der Waals surface area (Å²) in [6.45, 7) is 6.19. The summed E-state index contributed by atoms with van der Waals surface area (Å²) in [5.41, 5.74) is 2.83. The molecule has 0 spiro atoms. The normalized spacial score (nSPS) is 14.1. The molecule has 0 N–H and O–H groups in total. The Morgan fingerprint density at radius 1 is 1.08 bits per heavy atom. The lowest BCUT2D eigenvalue weighted by Gasteiger charge is -2.07. The highest BCUT2D eigenvalue weighted by Gasteiger charge is 2.21. The van der Waals surface area contributed by atoms with Gasteiger partial charge in [0, 0.05) is 17.5 Å². The second-order valence-electron chi connectivity index (χ2n) is 5.92. The molecule has 0 unspecified atom stereocenters. The Labute approximate surface area is 138 Å². The molecule has 0 fully saturated rings. The first-order valence-electron chi connectivity index (χ1n) is 7.77. The Hall–Kier alpha value is -2.83. The summed E-state index contributed by atoms with van der Waals surface area (Å²) in [5.74, 6) is 3.55. The predicted octanol–water partition coefficient (Wildman–Crippen LogP) is 3.42. The summed E-state index contributed by atoms with van der Waals surface area (Å²) in [5, 5.41) is 8.07. The zero-order valence-corrected chi connectivity index (χ0v) is 13.7. The van der Waals surface area contributed by atoms with Crippen molar-refractivity contribution in [3.63, 3.8) is 0 Å². The molecular formula is C17H17N3O4. The van der Waals surface area contributed by atoms with Gasteiger partial charge in [0.1, 0.15) is 5.76 Å². The molecule has 7 nitrogen and oxygen atoms in total. The number of rotatable bonds is 4. The van der Waals surface area contributed by atoms with Crippen molar-refractivity contribution in [3.05, 3.63) is 41.1 Å². The maximum Gasteiger partial charge on any atom is 0.231 e. The lowest BCUT2D eigenvalue weighted by atomic mass is 9.96. The van der Waals surface area contributed by atoms with E-state index in [-0.39, 0.29) is 12.7 Å². The average Bonchev–Trinajstić information content (AvgIpc) is 3.27. The minimum Gasteiger partial charge on any atom is -0.454 e. The molecule has 24 heavy (non-hydrogen) atoms. The van der Waals surface area contributed by atoms with E-state index >= 15 is 0 Å². The summed E-state index contributed by atoms with van der Waals surface area (Å²) < 4.78 is 21.3. The van der Waals surface area contributed by atoms with Crippen LogP contribution in [0.15, 0.2) is 27.2 Å². The Bertz CT molecular complexity index is 864. The first kappa shape index (κ1) is 14.7. The van der Waals surface area contributed by atoms with Gasteiger partial charge in [0.2, 0.25) is 18.5 Å². The molecule has 0 saturated heterocycles. The SMILES string of the molecule is Cc1noc(C)c1[C@@H](C)Cc1nc(-c2ccc3c(c2)OCO3)no1. The van der Waals surface area contributed by atoms with Crippen molar-refractivity contribution in [2.24, 2.45) is 0 Å². The molecule has 3 heterocycles. The third-order valence-electron chi connectivity index (χ3n) is 4.16. The molecule has 4 rings (SSSR count). The van der Waals surface area contributed by atoms with Crippen molar-refractivity contribution in [3.8, 4) is 22.9 Å². The van der Waals surface area contributed by atoms with E-state index in [4.69, 9.17) is 18.5 Å². The molecule has 1 aliphatic heterocycles. The van der Waals surface area contributed by atoms with Crippen LogP contribution in [0.4, 0.5) is 0 Å². The molecule has 0 saturated carbocycles. The first-order valence-corrected chi connectivity index (χ1v) is 7.77. The van der Waals surface area contributed by atoms with E-state index in [1.54, 1.807) is 0 Å². The second kappa shape index (κ2) is 5.67. The molecule has 3 aromatic rings. The van der Waals surface area contributed by atoms with Crippen LogP contribution in [0.1, 0.15) is 35.7 Å². The van der Waals surface area contributed by atoms with Gasteiger partial charge in [0.25, 0.3) is 0 Å². The Balaban J connectivity index is 1.55. The molecule has 1 aliphatic rings. The van der Waals surface area contributed by atoms with Gasteiger partial charge in [-0.05, 0) is 38.0 Å². The highest BCUT2D eigenvalue weighted by atomic mass is 16.7. The fourth-order valence-corrected chi connectivity index (χ4v) is 3.05. The molecular weight excluding hydrogens is 310 g/mol. The Kier molecular flexibility index (Phi) is 3.48. The number of ether oxygens (including phenoxy) is 2. The molecule has 1 aromatic carbocycles. The van der Waals surface area contributed by atoms with E-state index in [0.717, 1.165) is 28.3 Å². The number of nitrogens with zero attached hydrogens (tertiary/aromatic N) is 3. The molecule has 0 radical (unpaired) electrons. The van der Waals surface area contributed by atoms with Gasteiger partial charge in [0.05, 0.1) is 5.69 Å². The molecule has 0 amide bonds. The van der Waals surface area contributed by atoms with Crippen LogP contribution < -0.4 is 9.47 Å². The van der Waals surface area contributed by atoms with Gasteiger partial charge in [-0.2, -0.15) is 4.98 Å². The number of fused-ring (bicyclic) bond motifs is 1. The zero-order valence-electron chi connectivity index (χ0n) is 13.7. The van der Waals surface area contributed by atoms with E-state index < -0.39 is 0 Å². The van der Waals surface area contributed by atoms with Gasteiger partial charge < -0.3 is 18.5 Å². The highest BCUT2D eigenvalue weighted by Crippen LogP contribution is 2.35. The number of hydrogen-bond donors (Lipinski definition) is 0. The highest BCUT2D eigenvalue weighted by molar-refractivity contribution is 5.61. The molecule has 1 atom stereocenters. The number of benzene rings is 1. The van der Waals surface area contributed by atoms with Crippen LogP contribution in [0.25, 0.3) is 11.4 Å². The van der Waals surface area contributed by atoms with Gasteiger partial charge in [-0.25, -0.2) is 0 Å². The Morgan fingerprint density at radius 2 is 1.92 bits per heavy atom. The van der Waals surface area contributed by atoms with Crippen LogP contribution >= 0.6 is 0 Å². The van der Waals surface area contributed by atoms with Crippen LogP contribution in [0, 0.1) is 13.8 Å². The quantitative estimate of drug-likeness (QED) is 0.726. The second-order valence-corrected chi connectivity index (χ2v) is 5.92. The monoisotopic (exact) mass is 327 g/mol. The number of aromatic nitrogens is 3. The number of aryl methyl sites for hydroxylation is 2. The molecule has 7 heteroatoms. The third-order valence-corrected chi connectivity index (χ3v) is 4.16. The smallest absolute Gasteiger partial charge is 0.231 e. The van der Waals surface area contributed by atoms with Crippen LogP contribution in [-0.2, 0) is 6.42 Å². The largest absolute Gasteiger partial charge is 0.454 e. The topological polar surface area (TPSA) is 83.4 Å². The van der Waals surface area contributed by atoms with Crippen LogP contribution in [-0.4, -0.2) is 22.1 Å². The average molecular weight is 327 g/mol. The van der Waals surface area contributed by atoms with E-state index in [0.29, 0.717) is 23.9 Å². The van der Waals surface area contributed by atoms with Gasteiger partial charge >= 0.3 is 0 Å². The lowest BCUT2D eigenvalue weighted by Crippen LogP contribution is -2.01. The van der Waals surface area contributed by atoms with E-state index in [1.807, 2.05) is 32.0 Å². The molecule has 0 aliphatic carbocycles. The zero-order chi connectivity index (χ0) is 16.7. The van der Waals surface area contributed by atoms with Crippen LogP contribution in [0.2, 0.25) is 0 Å².